The Morgan fingerprint density at radius 2 is 1.57 bits per heavy atom. The molecule has 0 amide bonds. The van der Waals surface area contributed by atoms with E-state index in [9.17, 15) is 19.5 Å². The minimum absolute atomic E-state index is 0.0108. The Morgan fingerprint density at radius 1 is 0.875 bits per heavy atom. The molecule has 0 aromatic heterocycles. The summed E-state index contributed by atoms with van der Waals surface area (Å²) in [5.41, 5.74) is 0.819. The van der Waals surface area contributed by atoms with Gasteiger partial charge >= 0.3 is 17.9 Å². The first-order valence-electron chi connectivity index (χ1n) is 15.9. The Bertz CT molecular complexity index is 1110. The number of esters is 1. The predicted molar refractivity (Wildman–Crippen MR) is 153 cm³/mol. The summed E-state index contributed by atoms with van der Waals surface area (Å²) in [5.74, 6) is -0.0443. The maximum absolute atomic E-state index is 12.9. The zero-order valence-corrected chi connectivity index (χ0v) is 25.8. The van der Waals surface area contributed by atoms with Crippen molar-refractivity contribution in [3.8, 4) is 0 Å². The smallest absolute Gasteiger partial charge is 0.310 e. The van der Waals surface area contributed by atoms with Crippen LogP contribution in [0.25, 0.3) is 0 Å². The van der Waals surface area contributed by atoms with Gasteiger partial charge in [0.15, 0.2) is 0 Å². The van der Waals surface area contributed by atoms with Gasteiger partial charge in [-0.05, 0) is 104 Å². The number of rotatable bonds is 5. The second kappa shape index (κ2) is 9.59. The molecule has 6 nitrogen and oxygen atoms in total. The summed E-state index contributed by atoms with van der Waals surface area (Å²) in [7, 11) is 0. The molecule has 0 bridgehead atoms. The molecule has 0 saturated heterocycles. The Hall–Kier alpha value is -1.85. The third-order valence-electron chi connectivity index (χ3n) is 14.2. The molecule has 5 aliphatic rings. The molecule has 0 aromatic carbocycles. The van der Waals surface area contributed by atoms with Crippen LogP contribution in [0.4, 0.5) is 0 Å². The lowest BCUT2D eigenvalue weighted by molar-refractivity contribution is -0.214. The van der Waals surface area contributed by atoms with Gasteiger partial charge in [-0.3, -0.25) is 14.4 Å². The van der Waals surface area contributed by atoms with Crippen LogP contribution in [0, 0.1) is 56.7 Å². The summed E-state index contributed by atoms with van der Waals surface area (Å²) in [6, 6.07) is 0. The van der Waals surface area contributed by atoms with Gasteiger partial charge in [-0.1, -0.05) is 60.1 Å². The minimum Gasteiger partial charge on any atom is -0.481 e. The fourth-order valence-electron chi connectivity index (χ4n) is 11.5. The van der Waals surface area contributed by atoms with Crippen molar-refractivity contribution < 1.29 is 29.3 Å². The van der Waals surface area contributed by atoms with E-state index in [4.69, 9.17) is 9.84 Å². The predicted octanol–water partition coefficient (Wildman–Crippen LogP) is 7.51. The Morgan fingerprint density at radius 3 is 2.23 bits per heavy atom. The highest BCUT2D eigenvalue weighted by atomic mass is 16.5. The topological polar surface area (TPSA) is 101 Å². The number of aliphatic carboxylic acids is 2. The average Bonchev–Trinajstić information content (AvgIpc) is 2.87. The van der Waals surface area contributed by atoms with Crippen LogP contribution in [0.5, 0.6) is 0 Å². The van der Waals surface area contributed by atoms with Gasteiger partial charge < -0.3 is 14.9 Å². The van der Waals surface area contributed by atoms with E-state index in [1.807, 2.05) is 0 Å². The number of carboxylic acids is 2. The summed E-state index contributed by atoms with van der Waals surface area (Å²) >= 11 is 0. The molecule has 0 heterocycles. The number of allylic oxidation sites excluding steroid dienone is 2. The Labute approximate surface area is 240 Å². The fourth-order valence-corrected chi connectivity index (χ4v) is 11.5. The van der Waals surface area contributed by atoms with E-state index < -0.39 is 23.3 Å². The van der Waals surface area contributed by atoms with Gasteiger partial charge in [0.05, 0.1) is 18.3 Å². The number of carbonyl (C=O) groups is 3. The summed E-state index contributed by atoms with van der Waals surface area (Å²) in [4.78, 5) is 36.4. The molecule has 10 atom stereocenters. The van der Waals surface area contributed by atoms with Crippen molar-refractivity contribution in [3.63, 3.8) is 0 Å². The van der Waals surface area contributed by atoms with E-state index in [1.54, 1.807) is 0 Å². The SMILES string of the molecule is C[C@@H]1CC[C@]2(C(=O)O)CC[C@]3(C)C(=CC[C@@H]4[C@@]5(C)CC[C@H](OC(=O)CCC(=O)O)C(C)(C)[C@@H]5CC[C@]43C)C2[C@H]1C. The van der Waals surface area contributed by atoms with Crippen LogP contribution in [-0.2, 0) is 19.1 Å². The summed E-state index contributed by atoms with van der Waals surface area (Å²) in [6.07, 6.45) is 10.6. The maximum Gasteiger partial charge on any atom is 0.310 e. The number of fused-ring (bicyclic) bond motifs is 7. The highest BCUT2D eigenvalue weighted by Gasteiger charge is 2.69. The third kappa shape index (κ3) is 3.96. The molecule has 40 heavy (non-hydrogen) atoms. The second-order valence-electron chi connectivity index (χ2n) is 15.8. The molecular weight excluding hydrogens is 504 g/mol. The normalized spacial score (nSPS) is 47.4. The monoisotopic (exact) mass is 556 g/mol. The average molecular weight is 557 g/mol. The first-order chi connectivity index (χ1) is 18.5. The van der Waals surface area contributed by atoms with Gasteiger partial charge in [0.1, 0.15) is 6.10 Å². The maximum atomic E-state index is 12.9. The molecule has 0 aromatic rings. The number of carbonyl (C=O) groups excluding carboxylic acids is 1. The van der Waals surface area contributed by atoms with Crippen molar-refractivity contribution in [3.05, 3.63) is 11.6 Å². The van der Waals surface area contributed by atoms with E-state index in [0.717, 1.165) is 57.8 Å². The van der Waals surface area contributed by atoms with Gasteiger partial charge in [-0.15, -0.1) is 0 Å². The zero-order chi connectivity index (χ0) is 29.5. The lowest BCUT2D eigenvalue weighted by atomic mass is 9.33. The molecule has 0 aliphatic heterocycles. The molecule has 4 fully saturated rings. The molecule has 6 heteroatoms. The van der Waals surface area contributed by atoms with E-state index in [0.29, 0.717) is 23.7 Å². The van der Waals surface area contributed by atoms with Crippen molar-refractivity contribution in [1.82, 2.24) is 0 Å². The van der Waals surface area contributed by atoms with Gasteiger partial charge in [0, 0.05) is 5.41 Å². The minimum atomic E-state index is -0.974. The molecule has 1 unspecified atom stereocenters. The molecule has 5 rings (SSSR count). The number of hydrogen-bond donors (Lipinski definition) is 2. The Balaban J connectivity index is 1.47. The van der Waals surface area contributed by atoms with Gasteiger partial charge in [0.25, 0.3) is 0 Å². The largest absolute Gasteiger partial charge is 0.481 e. The van der Waals surface area contributed by atoms with E-state index in [2.05, 4.69) is 54.5 Å². The highest BCUT2D eigenvalue weighted by molar-refractivity contribution is 5.77. The first-order valence-corrected chi connectivity index (χ1v) is 15.9. The van der Waals surface area contributed by atoms with Crippen molar-refractivity contribution in [2.75, 3.05) is 0 Å². The fraction of sp³-hybridized carbons (Fsp3) is 0.853. The van der Waals surface area contributed by atoms with E-state index >= 15 is 0 Å². The van der Waals surface area contributed by atoms with E-state index in [-0.39, 0.29) is 46.5 Å². The highest BCUT2D eigenvalue weighted by Crippen LogP contribution is 2.75. The lowest BCUT2D eigenvalue weighted by Crippen LogP contribution is -2.65. The molecule has 224 valence electrons. The molecule has 0 radical (unpaired) electrons. The molecular formula is C34H52O6. The summed E-state index contributed by atoms with van der Waals surface area (Å²) in [5, 5.41) is 19.6. The first kappa shape index (κ1) is 29.6. The third-order valence-corrected chi connectivity index (χ3v) is 14.2. The number of hydrogen-bond acceptors (Lipinski definition) is 4. The van der Waals surface area contributed by atoms with Crippen LogP contribution in [0.1, 0.15) is 119 Å². The quantitative estimate of drug-likeness (QED) is 0.268. The molecule has 4 saturated carbocycles. The van der Waals surface area contributed by atoms with Crippen molar-refractivity contribution in [2.45, 2.75) is 125 Å². The standard InChI is InChI=1S/C34H52O6/c1-20-12-17-34(29(38)39)19-18-32(6)22(28(34)21(20)2)8-9-24-31(5)15-14-25(40-27(37)11-10-26(35)36)30(3,4)23(31)13-16-33(24,32)7/h8,20-21,23-25,28H,9-19H2,1-7H3,(H,35,36)(H,38,39)/t20-,21+,23+,24-,25+,28?,31+,32-,33-,34+/m1/s1. The van der Waals surface area contributed by atoms with Crippen molar-refractivity contribution in [1.29, 1.82) is 0 Å². The van der Waals surface area contributed by atoms with Gasteiger partial charge in [-0.2, -0.15) is 0 Å². The van der Waals surface area contributed by atoms with Crippen LogP contribution in [0.2, 0.25) is 0 Å². The second-order valence-corrected chi connectivity index (χ2v) is 15.8. The molecule has 5 aliphatic carbocycles. The van der Waals surface area contributed by atoms with Crippen molar-refractivity contribution in [2.24, 2.45) is 56.7 Å². The van der Waals surface area contributed by atoms with Crippen LogP contribution in [0.15, 0.2) is 11.6 Å². The summed E-state index contributed by atoms with van der Waals surface area (Å²) < 4.78 is 5.96. The lowest BCUT2D eigenvalue weighted by Gasteiger charge is -2.71. The van der Waals surface area contributed by atoms with Gasteiger partial charge in [-0.25, -0.2) is 0 Å². The number of ether oxygens (including phenoxy) is 1. The zero-order valence-electron chi connectivity index (χ0n) is 25.8. The summed E-state index contributed by atoms with van der Waals surface area (Å²) in [6.45, 7) is 16.6. The van der Waals surface area contributed by atoms with Gasteiger partial charge in [0.2, 0.25) is 0 Å². The van der Waals surface area contributed by atoms with Crippen LogP contribution >= 0.6 is 0 Å². The van der Waals surface area contributed by atoms with Crippen LogP contribution in [0.3, 0.4) is 0 Å². The van der Waals surface area contributed by atoms with Crippen molar-refractivity contribution >= 4 is 17.9 Å². The Kier molecular flexibility index (Phi) is 7.11. The molecule has 2 N–H and O–H groups in total. The van der Waals surface area contributed by atoms with Crippen LogP contribution < -0.4 is 0 Å². The number of carboxylic acid groups (broad SMARTS) is 2. The molecule has 0 spiro atoms. The van der Waals surface area contributed by atoms with E-state index in [1.165, 1.54) is 5.57 Å². The van der Waals surface area contributed by atoms with Crippen LogP contribution in [-0.4, -0.2) is 34.2 Å².